The number of hydrogen-bond acceptors (Lipinski definition) is 4. The van der Waals surface area contributed by atoms with E-state index in [1.165, 1.54) is 0 Å². The number of nitrogens with two attached hydrogens (primary N) is 1. The van der Waals surface area contributed by atoms with Gasteiger partial charge in [0.2, 0.25) is 0 Å². The van der Waals surface area contributed by atoms with Crippen LogP contribution in [0.25, 0.3) is 0 Å². The van der Waals surface area contributed by atoms with Gasteiger partial charge in [-0.15, -0.1) is 0 Å². The van der Waals surface area contributed by atoms with Gasteiger partial charge in [0.05, 0.1) is 13.2 Å². The van der Waals surface area contributed by atoms with Crippen molar-refractivity contribution in [2.75, 3.05) is 19.8 Å². The van der Waals surface area contributed by atoms with Gasteiger partial charge in [0.25, 0.3) is 6.02 Å². The van der Waals surface area contributed by atoms with Crippen LogP contribution in [-0.2, 0) is 9.47 Å². The van der Waals surface area contributed by atoms with Crippen molar-refractivity contribution in [1.82, 2.24) is 0 Å². The highest BCUT2D eigenvalue weighted by Crippen LogP contribution is 2.26. The molecule has 0 radical (unpaired) electrons. The summed E-state index contributed by atoms with van der Waals surface area (Å²) < 4.78 is 10.7. The molecule has 1 spiro atoms. The number of hydrogen-bond donors (Lipinski definition) is 1. The summed E-state index contributed by atoms with van der Waals surface area (Å²) in [6.07, 6.45) is 2.06. The summed E-state index contributed by atoms with van der Waals surface area (Å²) in [5, 5.41) is 0. The van der Waals surface area contributed by atoms with Gasteiger partial charge < -0.3 is 15.2 Å². The lowest BCUT2D eigenvalue weighted by Crippen LogP contribution is -2.42. The predicted octanol–water partition coefficient (Wildman–Crippen LogP) is -0.120. The zero-order valence-corrected chi connectivity index (χ0v) is 6.38. The molecule has 4 nitrogen and oxygen atoms in total. The summed E-state index contributed by atoms with van der Waals surface area (Å²) >= 11 is 0. The Morgan fingerprint density at radius 2 is 2.45 bits per heavy atom. The lowest BCUT2D eigenvalue weighted by molar-refractivity contribution is -0.0589. The van der Waals surface area contributed by atoms with Crippen molar-refractivity contribution in [3.63, 3.8) is 0 Å². The Morgan fingerprint density at radius 1 is 1.55 bits per heavy atom. The molecule has 0 aromatic carbocycles. The van der Waals surface area contributed by atoms with Gasteiger partial charge in [-0.1, -0.05) is 0 Å². The van der Waals surface area contributed by atoms with Crippen LogP contribution in [0.4, 0.5) is 0 Å². The molecule has 2 N–H and O–H groups in total. The molecule has 2 heterocycles. The average Bonchev–Trinajstić information content (AvgIpc) is 2.34. The van der Waals surface area contributed by atoms with Crippen LogP contribution in [0, 0.1) is 0 Å². The second-order valence-corrected chi connectivity index (χ2v) is 3.10. The summed E-state index contributed by atoms with van der Waals surface area (Å²) in [4.78, 5) is 4.01. The van der Waals surface area contributed by atoms with Crippen LogP contribution in [-0.4, -0.2) is 31.4 Å². The second kappa shape index (κ2) is 2.37. The van der Waals surface area contributed by atoms with Gasteiger partial charge in [0.1, 0.15) is 0 Å². The van der Waals surface area contributed by atoms with Crippen molar-refractivity contribution in [2.24, 2.45) is 10.7 Å². The van der Waals surface area contributed by atoms with E-state index in [9.17, 15) is 0 Å². The van der Waals surface area contributed by atoms with Crippen molar-refractivity contribution in [3.8, 4) is 0 Å². The minimum absolute atomic E-state index is 0.206. The predicted molar refractivity (Wildman–Crippen MR) is 40.4 cm³/mol. The van der Waals surface area contributed by atoms with Crippen LogP contribution in [0.15, 0.2) is 4.99 Å². The lowest BCUT2D eigenvalue weighted by atomic mass is 9.97. The highest BCUT2D eigenvalue weighted by Gasteiger charge is 2.39. The van der Waals surface area contributed by atoms with Gasteiger partial charge in [0.15, 0.2) is 5.60 Å². The Kier molecular flexibility index (Phi) is 1.49. The first-order valence-corrected chi connectivity index (χ1v) is 3.87. The Labute approximate surface area is 65.4 Å². The summed E-state index contributed by atoms with van der Waals surface area (Å²) in [6, 6.07) is 0.315. The molecule has 1 unspecified atom stereocenters. The highest BCUT2D eigenvalue weighted by molar-refractivity contribution is 5.73. The zero-order valence-electron chi connectivity index (χ0n) is 6.38. The van der Waals surface area contributed by atoms with Crippen molar-refractivity contribution < 1.29 is 9.47 Å². The first-order chi connectivity index (χ1) is 5.31. The molecule has 0 aromatic heterocycles. The van der Waals surface area contributed by atoms with Crippen LogP contribution < -0.4 is 5.73 Å². The molecule has 2 aliphatic heterocycles. The van der Waals surface area contributed by atoms with Crippen LogP contribution in [0.1, 0.15) is 12.8 Å². The quantitative estimate of drug-likeness (QED) is 0.532. The van der Waals surface area contributed by atoms with Gasteiger partial charge in [0, 0.05) is 6.61 Å². The number of aliphatic imine (C=N–C) groups is 1. The van der Waals surface area contributed by atoms with E-state index >= 15 is 0 Å². The van der Waals surface area contributed by atoms with Crippen LogP contribution in [0.3, 0.4) is 0 Å². The van der Waals surface area contributed by atoms with Crippen molar-refractivity contribution in [1.29, 1.82) is 0 Å². The number of amidine groups is 1. The molecular weight excluding hydrogens is 144 g/mol. The zero-order chi connectivity index (χ0) is 7.73. The maximum Gasteiger partial charge on any atom is 0.282 e. The third-order valence-corrected chi connectivity index (χ3v) is 2.13. The van der Waals surface area contributed by atoms with E-state index in [0.717, 1.165) is 19.4 Å². The molecule has 1 saturated heterocycles. The van der Waals surface area contributed by atoms with Gasteiger partial charge in [-0.25, -0.2) is 4.99 Å². The molecule has 62 valence electrons. The van der Waals surface area contributed by atoms with Crippen LogP contribution in [0.2, 0.25) is 0 Å². The fourth-order valence-corrected chi connectivity index (χ4v) is 1.54. The molecule has 0 amide bonds. The van der Waals surface area contributed by atoms with Crippen molar-refractivity contribution >= 4 is 6.02 Å². The van der Waals surface area contributed by atoms with Crippen LogP contribution in [0.5, 0.6) is 0 Å². The maximum atomic E-state index is 5.41. The molecule has 0 aromatic rings. The molecule has 2 aliphatic rings. The third kappa shape index (κ3) is 1.18. The standard InChI is InChI=1S/C7H12N2O2/c8-6-9-4-7(11-6)2-1-3-10-5-7/h1-5H2,(H2,8,9). The summed E-state index contributed by atoms with van der Waals surface area (Å²) in [7, 11) is 0. The Bertz CT molecular complexity index is 185. The molecule has 1 atom stereocenters. The van der Waals surface area contributed by atoms with E-state index in [1.54, 1.807) is 0 Å². The SMILES string of the molecule is NC1=NCC2(CCCOC2)O1. The van der Waals surface area contributed by atoms with Crippen molar-refractivity contribution in [2.45, 2.75) is 18.4 Å². The van der Waals surface area contributed by atoms with E-state index in [2.05, 4.69) is 4.99 Å². The first-order valence-electron chi connectivity index (χ1n) is 3.87. The first kappa shape index (κ1) is 6.91. The van der Waals surface area contributed by atoms with E-state index < -0.39 is 0 Å². The molecular formula is C7H12N2O2. The normalized spacial score (nSPS) is 36.9. The van der Waals surface area contributed by atoms with Crippen LogP contribution >= 0.6 is 0 Å². The van der Waals surface area contributed by atoms with Gasteiger partial charge in [-0.05, 0) is 12.8 Å². The van der Waals surface area contributed by atoms with Crippen molar-refractivity contribution in [3.05, 3.63) is 0 Å². The summed E-state index contributed by atoms with van der Waals surface area (Å²) in [6.45, 7) is 2.14. The topological polar surface area (TPSA) is 56.8 Å². The number of nitrogens with zero attached hydrogens (tertiary/aromatic N) is 1. The van der Waals surface area contributed by atoms with Gasteiger partial charge in [-0.2, -0.15) is 0 Å². The Hall–Kier alpha value is -0.770. The Balaban J connectivity index is 2.01. The summed E-state index contributed by atoms with van der Waals surface area (Å²) in [5.74, 6) is 0. The third-order valence-electron chi connectivity index (χ3n) is 2.13. The van der Waals surface area contributed by atoms with Gasteiger partial charge >= 0.3 is 0 Å². The maximum absolute atomic E-state index is 5.41. The minimum Gasteiger partial charge on any atom is -0.454 e. The molecule has 1 fully saturated rings. The van der Waals surface area contributed by atoms with Gasteiger partial charge in [-0.3, -0.25) is 0 Å². The summed E-state index contributed by atoms with van der Waals surface area (Å²) in [5.41, 5.74) is 5.21. The van der Waals surface area contributed by atoms with E-state index in [-0.39, 0.29) is 5.60 Å². The fraction of sp³-hybridized carbons (Fsp3) is 0.857. The molecule has 0 bridgehead atoms. The number of rotatable bonds is 0. The molecule has 2 rings (SSSR count). The largest absolute Gasteiger partial charge is 0.454 e. The monoisotopic (exact) mass is 156 g/mol. The molecule has 0 saturated carbocycles. The lowest BCUT2D eigenvalue weighted by Gasteiger charge is -2.31. The highest BCUT2D eigenvalue weighted by atomic mass is 16.6. The minimum atomic E-state index is -0.206. The molecule has 0 aliphatic carbocycles. The van der Waals surface area contributed by atoms with E-state index in [0.29, 0.717) is 19.2 Å². The average molecular weight is 156 g/mol. The van der Waals surface area contributed by atoms with E-state index in [1.807, 2.05) is 0 Å². The fourth-order valence-electron chi connectivity index (χ4n) is 1.54. The second-order valence-electron chi connectivity index (χ2n) is 3.10. The smallest absolute Gasteiger partial charge is 0.282 e. The molecule has 4 heteroatoms. The molecule has 11 heavy (non-hydrogen) atoms. The Morgan fingerprint density at radius 3 is 3.00 bits per heavy atom. The van der Waals surface area contributed by atoms with E-state index in [4.69, 9.17) is 15.2 Å². The number of ether oxygens (including phenoxy) is 2.